The number of carbonyl (C=O) groups excluding carboxylic acids is 1. The van der Waals surface area contributed by atoms with Crippen LogP contribution in [0.3, 0.4) is 0 Å². The summed E-state index contributed by atoms with van der Waals surface area (Å²) in [5.41, 5.74) is 1.47. The Kier molecular flexibility index (Phi) is 5.01. The number of carboxylic acid groups (broad SMARTS) is 1. The number of hydrogen-bond acceptors (Lipinski definition) is 3. The van der Waals surface area contributed by atoms with Crippen LogP contribution in [0.15, 0.2) is 42.5 Å². The third kappa shape index (κ3) is 3.99. The number of amides is 1. The predicted octanol–water partition coefficient (Wildman–Crippen LogP) is 4.10. The summed E-state index contributed by atoms with van der Waals surface area (Å²) in [5, 5.41) is 11.9. The van der Waals surface area contributed by atoms with Gasteiger partial charge in [0.25, 0.3) is 0 Å². The number of ether oxygens (including phenoxy) is 1. The lowest BCUT2D eigenvalue weighted by atomic mass is 10.1. The first-order chi connectivity index (χ1) is 10.5. The zero-order chi connectivity index (χ0) is 16.1. The molecule has 0 aliphatic rings. The minimum absolute atomic E-state index is 0.0818. The highest BCUT2D eigenvalue weighted by Crippen LogP contribution is 2.26. The third-order valence-corrected chi connectivity index (χ3v) is 3.19. The molecule has 0 heterocycles. The summed E-state index contributed by atoms with van der Waals surface area (Å²) in [4.78, 5) is 23.1. The molecule has 2 aromatic carbocycles. The smallest absolute Gasteiger partial charge is 0.411 e. The molecule has 0 spiro atoms. The topological polar surface area (TPSA) is 75.6 Å². The summed E-state index contributed by atoms with van der Waals surface area (Å²) in [7, 11) is 0. The lowest BCUT2D eigenvalue weighted by molar-refractivity contribution is 0.0698. The molecule has 0 aliphatic heterocycles. The van der Waals surface area contributed by atoms with Crippen LogP contribution in [0.2, 0.25) is 5.02 Å². The highest BCUT2D eigenvalue weighted by atomic mass is 35.5. The first-order valence-electron chi connectivity index (χ1n) is 6.48. The summed E-state index contributed by atoms with van der Waals surface area (Å²) in [5.74, 6) is -1.18. The number of anilines is 1. The molecule has 2 rings (SSSR count). The van der Waals surface area contributed by atoms with E-state index in [9.17, 15) is 14.7 Å². The quantitative estimate of drug-likeness (QED) is 0.889. The number of carbonyl (C=O) groups is 2. The molecule has 0 aliphatic carbocycles. The summed E-state index contributed by atoms with van der Waals surface area (Å²) in [6, 6.07) is 12.0. The standard InChI is InChI=1S/C16H14ClNO4/c1-10-7-12(17)8-13(15(19)20)14(10)18-16(21)22-9-11-5-3-2-4-6-11/h2-8H,9H2,1H3,(H,18,21)(H,19,20). The van der Waals surface area contributed by atoms with Gasteiger partial charge in [-0.05, 0) is 30.2 Å². The fourth-order valence-corrected chi connectivity index (χ4v) is 2.21. The van der Waals surface area contributed by atoms with E-state index in [0.717, 1.165) is 5.56 Å². The van der Waals surface area contributed by atoms with Gasteiger partial charge in [-0.15, -0.1) is 0 Å². The highest BCUT2D eigenvalue weighted by molar-refractivity contribution is 6.31. The number of carboxylic acids is 1. The van der Waals surface area contributed by atoms with Gasteiger partial charge in [0.15, 0.2) is 0 Å². The zero-order valence-corrected chi connectivity index (χ0v) is 12.6. The zero-order valence-electron chi connectivity index (χ0n) is 11.8. The van der Waals surface area contributed by atoms with Crippen LogP contribution in [0.1, 0.15) is 21.5 Å². The molecule has 0 fully saturated rings. The molecular weight excluding hydrogens is 306 g/mol. The molecular formula is C16H14ClNO4. The second-order valence-electron chi connectivity index (χ2n) is 4.64. The summed E-state index contributed by atoms with van der Waals surface area (Å²) >= 11 is 5.84. The first kappa shape index (κ1) is 15.9. The van der Waals surface area contributed by atoms with Gasteiger partial charge in [0.1, 0.15) is 6.61 Å². The van der Waals surface area contributed by atoms with Crippen molar-refractivity contribution >= 4 is 29.4 Å². The Morgan fingerprint density at radius 3 is 2.55 bits per heavy atom. The average Bonchev–Trinajstić information content (AvgIpc) is 2.48. The normalized spacial score (nSPS) is 10.1. The van der Waals surface area contributed by atoms with Crippen molar-refractivity contribution in [2.45, 2.75) is 13.5 Å². The molecule has 2 aromatic rings. The second kappa shape index (κ2) is 6.95. The number of halogens is 1. The third-order valence-electron chi connectivity index (χ3n) is 2.97. The Labute approximate surface area is 132 Å². The van der Waals surface area contributed by atoms with Gasteiger partial charge in [-0.2, -0.15) is 0 Å². The Bertz CT molecular complexity index is 701. The largest absolute Gasteiger partial charge is 0.478 e. The molecule has 0 saturated heterocycles. The Morgan fingerprint density at radius 2 is 1.91 bits per heavy atom. The molecule has 0 saturated carbocycles. The van der Waals surface area contributed by atoms with Crippen molar-refractivity contribution in [1.29, 1.82) is 0 Å². The van der Waals surface area contributed by atoms with Crippen LogP contribution in [0.5, 0.6) is 0 Å². The van der Waals surface area contributed by atoms with Crippen molar-refractivity contribution in [3.63, 3.8) is 0 Å². The van der Waals surface area contributed by atoms with Crippen LogP contribution in [0.25, 0.3) is 0 Å². The maximum atomic E-state index is 11.8. The lowest BCUT2D eigenvalue weighted by Gasteiger charge is -2.12. The van der Waals surface area contributed by atoms with Gasteiger partial charge in [0, 0.05) is 5.02 Å². The summed E-state index contributed by atoms with van der Waals surface area (Å²) in [6.45, 7) is 1.76. The maximum Gasteiger partial charge on any atom is 0.411 e. The minimum atomic E-state index is -1.18. The molecule has 2 N–H and O–H groups in total. The van der Waals surface area contributed by atoms with E-state index in [2.05, 4.69) is 5.32 Å². The molecule has 0 bridgehead atoms. The van der Waals surface area contributed by atoms with Gasteiger partial charge >= 0.3 is 12.1 Å². The Hall–Kier alpha value is -2.53. The number of rotatable bonds is 4. The maximum absolute atomic E-state index is 11.8. The molecule has 5 nitrogen and oxygen atoms in total. The molecule has 0 atom stereocenters. The summed E-state index contributed by atoms with van der Waals surface area (Å²) in [6.07, 6.45) is -0.725. The van der Waals surface area contributed by atoms with Gasteiger partial charge in [0.05, 0.1) is 11.3 Å². The molecule has 114 valence electrons. The van der Waals surface area contributed by atoms with Gasteiger partial charge < -0.3 is 9.84 Å². The van der Waals surface area contributed by atoms with Crippen molar-refractivity contribution in [3.8, 4) is 0 Å². The fourth-order valence-electron chi connectivity index (χ4n) is 1.94. The van der Waals surface area contributed by atoms with Gasteiger partial charge in [-0.1, -0.05) is 41.9 Å². The average molecular weight is 320 g/mol. The van der Waals surface area contributed by atoms with E-state index >= 15 is 0 Å². The molecule has 0 unspecified atom stereocenters. The molecule has 0 radical (unpaired) electrons. The van der Waals surface area contributed by atoms with Crippen molar-refractivity contribution in [1.82, 2.24) is 0 Å². The number of aryl methyl sites for hydroxylation is 1. The number of hydrogen-bond donors (Lipinski definition) is 2. The van der Waals surface area contributed by atoms with Crippen LogP contribution >= 0.6 is 11.6 Å². The number of nitrogens with one attached hydrogen (secondary N) is 1. The SMILES string of the molecule is Cc1cc(Cl)cc(C(=O)O)c1NC(=O)OCc1ccccc1. The fraction of sp³-hybridized carbons (Fsp3) is 0.125. The second-order valence-corrected chi connectivity index (χ2v) is 5.07. The van der Waals surface area contributed by atoms with E-state index in [0.29, 0.717) is 5.56 Å². The van der Waals surface area contributed by atoms with Crippen LogP contribution in [-0.4, -0.2) is 17.2 Å². The van der Waals surface area contributed by atoms with E-state index in [1.54, 1.807) is 13.0 Å². The monoisotopic (exact) mass is 319 g/mol. The van der Waals surface area contributed by atoms with E-state index in [-0.39, 0.29) is 22.9 Å². The molecule has 0 aromatic heterocycles. The molecule has 6 heteroatoms. The van der Waals surface area contributed by atoms with Crippen molar-refractivity contribution < 1.29 is 19.4 Å². The Balaban J connectivity index is 2.10. The molecule has 1 amide bonds. The molecule has 22 heavy (non-hydrogen) atoms. The van der Waals surface area contributed by atoms with Crippen LogP contribution in [0, 0.1) is 6.92 Å². The minimum Gasteiger partial charge on any atom is -0.478 e. The predicted molar refractivity (Wildman–Crippen MR) is 83.4 cm³/mol. The van der Waals surface area contributed by atoms with Crippen molar-refractivity contribution in [3.05, 3.63) is 64.2 Å². The van der Waals surface area contributed by atoms with Crippen LogP contribution in [0.4, 0.5) is 10.5 Å². The van der Waals surface area contributed by atoms with Crippen molar-refractivity contribution in [2.75, 3.05) is 5.32 Å². The number of aromatic carboxylic acids is 1. The van der Waals surface area contributed by atoms with Gasteiger partial charge in [-0.25, -0.2) is 9.59 Å². The lowest BCUT2D eigenvalue weighted by Crippen LogP contribution is -2.17. The van der Waals surface area contributed by atoms with Crippen LogP contribution in [-0.2, 0) is 11.3 Å². The van der Waals surface area contributed by atoms with E-state index in [1.165, 1.54) is 6.07 Å². The van der Waals surface area contributed by atoms with Crippen molar-refractivity contribution in [2.24, 2.45) is 0 Å². The first-order valence-corrected chi connectivity index (χ1v) is 6.86. The van der Waals surface area contributed by atoms with Crippen LogP contribution < -0.4 is 5.32 Å². The van der Waals surface area contributed by atoms with Gasteiger partial charge in [0.2, 0.25) is 0 Å². The van der Waals surface area contributed by atoms with Gasteiger partial charge in [-0.3, -0.25) is 5.32 Å². The highest BCUT2D eigenvalue weighted by Gasteiger charge is 2.16. The van der Waals surface area contributed by atoms with E-state index in [1.807, 2.05) is 30.3 Å². The van der Waals surface area contributed by atoms with E-state index in [4.69, 9.17) is 16.3 Å². The van der Waals surface area contributed by atoms with E-state index < -0.39 is 12.1 Å². The Morgan fingerprint density at radius 1 is 1.23 bits per heavy atom. The number of benzene rings is 2. The summed E-state index contributed by atoms with van der Waals surface area (Å²) < 4.78 is 5.08.